The van der Waals surface area contributed by atoms with E-state index in [1.807, 2.05) is 6.07 Å². The van der Waals surface area contributed by atoms with Crippen molar-refractivity contribution in [3.63, 3.8) is 0 Å². The van der Waals surface area contributed by atoms with Crippen molar-refractivity contribution < 1.29 is 9.53 Å². The third kappa shape index (κ3) is 3.40. The molecule has 3 atom stereocenters. The molecule has 2 fully saturated rings. The van der Waals surface area contributed by atoms with Crippen molar-refractivity contribution in [3.05, 3.63) is 22.4 Å². The summed E-state index contributed by atoms with van der Waals surface area (Å²) in [5, 5.41) is 8.52. The largest absolute Gasteiger partial charge is 0.377 e. The van der Waals surface area contributed by atoms with Crippen LogP contribution in [0, 0.1) is 11.8 Å². The fraction of sp³-hybridized carbons (Fsp3) is 0.667. The Bertz CT molecular complexity index is 435. The maximum absolute atomic E-state index is 12.2. The van der Waals surface area contributed by atoms with Crippen molar-refractivity contribution in [2.24, 2.45) is 11.8 Å². The Morgan fingerprint density at radius 2 is 2.50 bits per heavy atom. The molecular weight excluding hydrogens is 272 g/mol. The first-order valence-electron chi connectivity index (χ1n) is 7.45. The summed E-state index contributed by atoms with van der Waals surface area (Å²) in [6.45, 7) is 3.34. The van der Waals surface area contributed by atoms with Gasteiger partial charge in [0.15, 0.2) is 0 Å². The molecule has 2 aliphatic heterocycles. The van der Waals surface area contributed by atoms with Gasteiger partial charge in [0.1, 0.15) is 0 Å². The third-order valence-corrected chi connectivity index (χ3v) is 5.19. The Labute approximate surface area is 123 Å². The first kappa shape index (κ1) is 14.0. The molecule has 3 heterocycles. The van der Waals surface area contributed by atoms with Gasteiger partial charge in [-0.05, 0) is 43.2 Å². The predicted molar refractivity (Wildman–Crippen MR) is 79.9 cm³/mol. The van der Waals surface area contributed by atoms with E-state index in [4.69, 9.17) is 4.74 Å². The highest BCUT2D eigenvalue weighted by molar-refractivity contribution is 7.09. The molecule has 2 N–H and O–H groups in total. The van der Waals surface area contributed by atoms with Gasteiger partial charge >= 0.3 is 0 Å². The normalized spacial score (nSPS) is 29.7. The second-order valence-electron chi connectivity index (χ2n) is 5.68. The predicted octanol–water partition coefficient (Wildman–Crippen LogP) is 1.42. The van der Waals surface area contributed by atoms with Gasteiger partial charge in [0.2, 0.25) is 5.91 Å². The van der Waals surface area contributed by atoms with Gasteiger partial charge in [-0.3, -0.25) is 4.79 Å². The van der Waals surface area contributed by atoms with Crippen LogP contribution in [0.15, 0.2) is 17.5 Å². The van der Waals surface area contributed by atoms with Crippen molar-refractivity contribution in [3.8, 4) is 0 Å². The molecule has 1 aromatic rings. The van der Waals surface area contributed by atoms with E-state index >= 15 is 0 Å². The van der Waals surface area contributed by atoms with Gasteiger partial charge < -0.3 is 15.4 Å². The number of hydrogen-bond donors (Lipinski definition) is 2. The number of ether oxygens (including phenoxy) is 1. The summed E-state index contributed by atoms with van der Waals surface area (Å²) in [6, 6.07) is 4.16. The maximum atomic E-state index is 12.2. The molecule has 5 heteroatoms. The van der Waals surface area contributed by atoms with Gasteiger partial charge in [0, 0.05) is 18.0 Å². The number of carbonyl (C=O) groups excluding carboxylic acids is 1. The molecular formula is C15H22N2O2S. The molecule has 0 aliphatic carbocycles. The number of fused-ring (bicyclic) bond motifs is 1. The van der Waals surface area contributed by atoms with Gasteiger partial charge in [0.05, 0.1) is 18.6 Å². The zero-order chi connectivity index (χ0) is 13.8. The lowest BCUT2D eigenvalue weighted by Gasteiger charge is -2.39. The summed E-state index contributed by atoms with van der Waals surface area (Å²) < 4.78 is 5.87. The van der Waals surface area contributed by atoms with Gasteiger partial charge in [-0.1, -0.05) is 6.07 Å². The number of nitrogens with one attached hydrogen (secondary N) is 2. The number of carbonyl (C=O) groups is 1. The topological polar surface area (TPSA) is 50.4 Å². The quantitative estimate of drug-likeness (QED) is 0.883. The first-order chi connectivity index (χ1) is 9.83. The van der Waals surface area contributed by atoms with Gasteiger partial charge in [-0.2, -0.15) is 0 Å². The maximum Gasteiger partial charge on any atom is 0.225 e. The lowest BCUT2D eigenvalue weighted by Crippen LogP contribution is -2.49. The minimum Gasteiger partial charge on any atom is -0.377 e. The second kappa shape index (κ2) is 6.70. The van der Waals surface area contributed by atoms with Crippen molar-refractivity contribution in [1.82, 2.24) is 10.6 Å². The Hall–Kier alpha value is -0.910. The molecule has 110 valence electrons. The van der Waals surface area contributed by atoms with Crippen LogP contribution in [0.1, 0.15) is 17.7 Å². The molecule has 2 saturated heterocycles. The van der Waals surface area contributed by atoms with E-state index in [-0.39, 0.29) is 11.8 Å². The highest BCUT2D eigenvalue weighted by Gasteiger charge is 2.35. The standard InChI is InChI=1S/C15H22N2O2S/c18-15(17-6-3-13-2-1-7-20-13)12-8-11-9-16-5-4-14(11)19-10-12/h1-2,7,11-12,14,16H,3-6,8-10H2,(H,17,18)/t11-,12-,14+/m0/s1. The minimum atomic E-state index is 0.0273. The summed E-state index contributed by atoms with van der Waals surface area (Å²) in [5.74, 6) is 0.690. The van der Waals surface area contributed by atoms with Crippen LogP contribution < -0.4 is 10.6 Å². The molecule has 3 rings (SSSR count). The summed E-state index contributed by atoms with van der Waals surface area (Å²) >= 11 is 1.74. The van der Waals surface area contributed by atoms with Crippen molar-refractivity contribution in [2.45, 2.75) is 25.4 Å². The summed E-state index contributed by atoms with van der Waals surface area (Å²) in [7, 11) is 0. The second-order valence-corrected chi connectivity index (χ2v) is 6.71. The van der Waals surface area contributed by atoms with E-state index in [9.17, 15) is 4.79 Å². The molecule has 1 aromatic heterocycles. The SMILES string of the molecule is O=C(NCCc1cccs1)[C@@H]1CO[C@@H]2CCNC[C@@H]2C1. The van der Waals surface area contributed by atoms with Gasteiger partial charge in [-0.25, -0.2) is 0 Å². The smallest absolute Gasteiger partial charge is 0.225 e. The highest BCUT2D eigenvalue weighted by atomic mass is 32.1. The lowest BCUT2D eigenvalue weighted by atomic mass is 9.84. The van der Waals surface area contributed by atoms with Crippen LogP contribution in [0.3, 0.4) is 0 Å². The number of thiophene rings is 1. The molecule has 0 aromatic carbocycles. The fourth-order valence-electron chi connectivity index (χ4n) is 3.12. The van der Waals surface area contributed by atoms with E-state index in [1.54, 1.807) is 11.3 Å². The van der Waals surface area contributed by atoms with E-state index in [2.05, 4.69) is 22.1 Å². The summed E-state index contributed by atoms with van der Waals surface area (Å²) in [6.07, 6.45) is 3.33. The number of hydrogen-bond acceptors (Lipinski definition) is 4. The average molecular weight is 294 g/mol. The molecule has 0 spiro atoms. The minimum absolute atomic E-state index is 0.0273. The average Bonchev–Trinajstić information content (AvgIpc) is 3.00. The van der Waals surface area contributed by atoms with E-state index in [1.165, 1.54) is 4.88 Å². The first-order valence-corrected chi connectivity index (χ1v) is 8.33. The monoisotopic (exact) mass is 294 g/mol. The summed E-state index contributed by atoms with van der Waals surface area (Å²) in [4.78, 5) is 13.5. The molecule has 0 saturated carbocycles. The third-order valence-electron chi connectivity index (χ3n) is 4.26. The number of amides is 1. The van der Waals surface area contributed by atoms with Crippen LogP contribution >= 0.6 is 11.3 Å². The van der Waals surface area contributed by atoms with Crippen molar-refractivity contribution in [2.75, 3.05) is 26.2 Å². The Morgan fingerprint density at radius 3 is 3.35 bits per heavy atom. The zero-order valence-electron chi connectivity index (χ0n) is 11.6. The molecule has 1 amide bonds. The molecule has 0 radical (unpaired) electrons. The molecule has 0 unspecified atom stereocenters. The van der Waals surface area contributed by atoms with Crippen LogP contribution in [-0.2, 0) is 16.0 Å². The Kier molecular flexibility index (Phi) is 4.70. The zero-order valence-corrected chi connectivity index (χ0v) is 12.5. The van der Waals surface area contributed by atoms with Crippen LogP contribution in [0.2, 0.25) is 0 Å². The lowest BCUT2D eigenvalue weighted by molar-refractivity contribution is -0.136. The number of piperidine rings is 1. The fourth-order valence-corrected chi connectivity index (χ4v) is 3.83. The van der Waals surface area contributed by atoms with E-state index in [0.29, 0.717) is 18.6 Å². The van der Waals surface area contributed by atoms with Crippen LogP contribution in [-0.4, -0.2) is 38.3 Å². The summed E-state index contributed by atoms with van der Waals surface area (Å²) in [5.41, 5.74) is 0. The molecule has 2 aliphatic rings. The van der Waals surface area contributed by atoms with Crippen molar-refractivity contribution >= 4 is 17.2 Å². The van der Waals surface area contributed by atoms with E-state index < -0.39 is 0 Å². The van der Waals surface area contributed by atoms with Crippen LogP contribution in [0.25, 0.3) is 0 Å². The number of rotatable bonds is 4. The Morgan fingerprint density at radius 1 is 1.55 bits per heavy atom. The molecule has 0 bridgehead atoms. The highest BCUT2D eigenvalue weighted by Crippen LogP contribution is 2.28. The Balaban J connectivity index is 1.43. The van der Waals surface area contributed by atoms with Gasteiger partial charge in [-0.15, -0.1) is 11.3 Å². The van der Waals surface area contributed by atoms with Crippen molar-refractivity contribution in [1.29, 1.82) is 0 Å². The van der Waals surface area contributed by atoms with Gasteiger partial charge in [0.25, 0.3) is 0 Å². The van der Waals surface area contributed by atoms with E-state index in [0.717, 1.165) is 38.9 Å². The molecule has 4 nitrogen and oxygen atoms in total. The molecule has 20 heavy (non-hydrogen) atoms. The van der Waals surface area contributed by atoms with Crippen LogP contribution in [0.4, 0.5) is 0 Å². The van der Waals surface area contributed by atoms with Crippen LogP contribution in [0.5, 0.6) is 0 Å².